The topological polar surface area (TPSA) is 57.6 Å². The van der Waals surface area contributed by atoms with Gasteiger partial charge in [-0.15, -0.1) is 0 Å². The van der Waals surface area contributed by atoms with Gasteiger partial charge in [0.15, 0.2) is 0 Å². The number of amides is 1. The van der Waals surface area contributed by atoms with E-state index in [9.17, 15) is 9.59 Å². The predicted molar refractivity (Wildman–Crippen MR) is 55.3 cm³/mol. The Bertz CT molecular complexity index is 465. The van der Waals surface area contributed by atoms with E-state index in [1.807, 2.05) is 0 Å². The van der Waals surface area contributed by atoms with Crippen LogP contribution in [0.25, 0.3) is 0 Å². The molecule has 0 unspecified atom stereocenters. The predicted octanol–water partition coefficient (Wildman–Crippen LogP) is 1.21. The van der Waals surface area contributed by atoms with Crippen LogP contribution >= 0.6 is 0 Å². The van der Waals surface area contributed by atoms with Crippen molar-refractivity contribution in [3.63, 3.8) is 0 Å². The molecule has 1 aromatic rings. The van der Waals surface area contributed by atoms with E-state index in [1.165, 1.54) is 4.90 Å². The van der Waals surface area contributed by atoms with Crippen molar-refractivity contribution in [1.82, 2.24) is 0 Å². The van der Waals surface area contributed by atoms with Gasteiger partial charge in [-0.1, -0.05) is 6.07 Å². The van der Waals surface area contributed by atoms with E-state index in [0.29, 0.717) is 17.7 Å². The lowest BCUT2D eigenvalue weighted by Gasteiger charge is -2.11. The van der Waals surface area contributed by atoms with Gasteiger partial charge in [0.1, 0.15) is 0 Å². The summed E-state index contributed by atoms with van der Waals surface area (Å²) >= 11 is 0. The van der Waals surface area contributed by atoms with Gasteiger partial charge in [-0.05, 0) is 24.1 Å². The Morgan fingerprint density at radius 3 is 2.73 bits per heavy atom. The highest BCUT2D eigenvalue weighted by Crippen LogP contribution is 2.30. The van der Waals surface area contributed by atoms with Crippen molar-refractivity contribution in [3.05, 3.63) is 28.8 Å². The third-order valence-electron chi connectivity index (χ3n) is 2.73. The summed E-state index contributed by atoms with van der Waals surface area (Å²) in [5.41, 5.74) is 2.58. The van der Waals surface area contributed by atoms with Crippen molar-refractivity contribution in [1.29, 1.82) is 0 Å². The molecule has 0 aliphatic carbocycles. The lowest BCUT2D eigenvalue weighted by molar-refractivity contribution is -0.117. The number of aryl methyl sites for hydroxylation is 1. The number of nitrogens with zero attached hydrogens (tertiary/aromatic N) is 1. The maximum absolute atomic E-state index is 11.4. The van der Waals surface area contributed by atoms with Crippen LogP contribution < -0.4 is 4.90 Å². The zero-order valence-corrected chi connectivity index (χ0v) is 8.57. The molecule has 1 N–H and O–H groups in total. The first-order chi connectivity index (χ1) is 7.00. The molecular weight excluding hydrogens is 194 g/mol. The third-order valence-corrected chi connectivity index (χ3v) is 2.73. The lowest BCUT2D eigenvalue weighted by atomic mass is 10.0. The number of likely N-dealkylation sites (N-methyl/N-ethyl adjacent to an activating group) is 1. The monoisotopic (exact) mass is 205 g/mol. The number of carboxylic acids is 1. The molecule has 0 radical (unpaired) electrons. The van der Waals surface area contributed by atoms with Crippen molar-refractivity contribution in [2.75, 3.05) is 11.9 Å². The van der Waals surface area contributed by atoms with Gasteiger partial charge in [0.05, 0.1) is 12.0 Å². The number of benzene rings is 1. The van der Waals surface area contributed by atoms with Crippen LogP contribution in [0.2, 0.25) is 0 Å². The third kappa shape index (κ3) is 1.38. The molecule has 2 rings (SSSR count). The van der Waals surface area contributed by atoms with Gasteiger partial charge in [-0.25, -0.2) is 4.79 Å². The Kier molecular flexibility index (Phi) is 2.00. The van der Waals surface area contributed by atoms with E-state index in [-0.39, 0.29) is 11.5 Å². The second-order valence-corrected chi connectivity index (χ2v) is 3.73. The second kappa shape index (κ2) is 3.08. The Balaban J connectivity index is 2.60. The van der Waals surface area contributed by atoms with Crippen molar-refractivity contribution < 1.29 is 14.7 Å². The molecule has 1 heterocycles. The molecule has 1 aliphatic heterocycles. The fraction of sp³-hybridized carbons (Fsp3) is 0.273. The minimum absolute atomic E-state index is 0.00642. The Morgan fingerprint density at radius 2 is 2.13 bits per heavy atom. The van der Waals surface area contributed by atoms with Crippen LogP contribution in [-0.2, 0) is 11.2 Å². The number of anilines is 1. The van der Waals surface area contributed by atoms with Crippen LogP contribution in [0.3, 0.4) is 0 Å². The van der Waals surface area contributed by atoms with Crippen LogP contribution in [0.1, 0.15) is 21.5 Å². The zero-order chi connectivity index (χ0) is 11.2. The Morgan fingerprint density at radius 1 is 1.47 bits per heavy atom. The van der Waals surface area contributed by atoms with Gasteiger partial charge in [0, 0.05) is 12.7 Å². The number of fused-ring (bicyclic) bond motifs is 1. The average Bonchev–Trinajstić information content (AvgIpc) is 2.41. The molecule has 4 heteroatoms. The lowest BCUT2D eigenvalue weighted by Crippen LogP contribution is -2.20. The summed E-state index contributed by atoms with van der Waals surface area (Å²) in [7, 11) is 1.66. The molecule has 0 saturated heterocycles. The molecule has 0 saturated carbocycles. The van der Waals surface area contributed by atoms with Crippen LogP contribution in [-0.4, -0.2) is 24.0 Å². The van der Waals surface area contributed by atoms with Crippen LogP contribution in [0.5, 0.6) is 0 Å². The number of hydrogen-bond donors (Lipinski definition) is 1. The van der Waals surface area contributed by atoms with E-state index < -0.39 is 5.97 Å². The van der Waals surface area contributed by atoms with Gasteiger partial charge in [-0.2, -0.15) is 0 Å². The fourth-order valence-electron chi connectivity index (χ4n) is 1.86. The van der Waals surface area contributed by atoms with Gasteiger partial charge in [0.25, 0.3) is 0 Å². The molecule has 78 valence electrons. The molecule has 15 heavy (non-hydrogen) atoms. The molecule has 0 aromatic heterocycles. The number of carbonyl (C=O) groups is 2. The molecule has 1 amide bonds. The van der Waals surface area contributed by atoms with E-state index in [2.05, 4.69) is 0 Å². The van der Waals surface area contributed by atoms with E-state index in [1.54, 1.807) is 26.1 Å². The Hall–Kier alpha value is -1.84. The molecule has 1 aliphatic rings. The molecule has 0 spiro atoms. The number of carboxylic acid groups (broad SMARTS) is 1. The van der Waals surface area contributed by atoms with Crippen LogP contribution in [0, 0.1) is 6.92 Å². The first kappa shape index (κ1) is 9.71. The summed E-state index contributed by atoms with van der Waals surface area (Å²) in [5.74, 6) is -0.949. The molecular formula is C11H11NO3. The van der Waals surface area contributed by atoms with Crippen molar-refractivity contribution >= 4 is 17.6 Å². The maximum atomic E-state index is 11.4. The van der Waals surface area contributed by atoms with Gasteiger partial charge >= 0.3 is 5.97 Å². The van der Waals surface area contributed by atoms with Crippen LogP contribution in [0.4, 0.5) is 5.69 Å². The van der Waals surface area contributed by atoms with Crippen molar-refractivity contribution in [2.45, 2.75) is 13.3 Å². The van der Waals surface area contributed by atoms with E-state index in [4.69, 9.17) is 5.11 Å². The smallest absolute Gasteiger partial charge is 0.336 e. The normalized spacial score (nSPS) is 14.3. The largest absolute Gasteiger partial charge is 0.478 e. The fourth-order valence-corrected chi connectivity index (χ4v) is 1.86. The molecule has 0 bridgehead atoms. The first-order valence-corrected chi connectivity index (χ1v) is 4.64. The molecule has 0 fully saturated rings. The average molecular weight is 205 g/mol. The highest BCUT2D eigenvalue weighted by atomic mass is 16.4. The first-order valence-electron chi connectivity index (χ1n) is 4.64. The summed E-state index contributed by atoms with van der Waals surface area (Å²) in [6, 6.07) is 3.35. The van der Waals surface area contributed by atoms with Gasteiger partial charge < -0.3 is 10.0 Å². The molecule has 4 nitrogen and oxygen atoms in total. The highest BCUT2D eigenvalue weighted by molar-refractivity contribution is 6.03. The number of carbonyl (C=O) groups excluding carboxylic acids is 1. The SMILES string of the molecule is Cc1cc2c(cc1C(=O)O)N(C)C(=O)C2. The number of aromatic carboxylic acids is 1. The minimum Gasteiger partial charge on any atom is -0.478 e. The van der Waals surface area contributed by atoms with Gasteiger partial charge in [0.2, 0.25) is 5.91 Å². The summed E-state index contributed by atoms with van der Waals surface area (Å²) in [6.45, 7) is 1.74. The maximum Gasteiger partial charge on any atom is 0.336 e. The van der Waals surface area contributed by atoms with E-state index >= 15 is 0 Å². The highest BCUT2D eigenvalue weighted by Gasteiger charge is 2.25. The van der Waals surface area contributed by atoms with Crippen molar-refractivity contribution in [2.24, 2.45) is 0 Å². The van der Waals surface area contributed by atoms with Gasteiger partial charge in [-0.3, -0.25) is 4.79 Å². The standard InChI is InChI=1S/C11H11NO3/c1-6-3-7-4-10(13)12(2)9(7)5-8(6)11(14)15/h3,5H,4H2,1-2H3,(H,14,15). The number of rotatable bonds is 1. The molecule has 1 aromatic carbocycles. The summed E-state index contributed by atoms with van der Waals surface area (Å²) in [6.07, 6.45) is 0.368. The summed E-state index contributed by atoms with van der Waals surface area (Å²) in [4.78, 5) is 23.8. The quantitative estimate of drug-likeness (QED) is 0.749. The second-order valence-electron chi connectivity index (χ2n) is 3.73. The zero-order valence-electron chi connectivity index (χ0n) is 8.57. The van der Waals surface area contributed by atoms with Crippen LogP contribution in [0.15, 0.2) is 12.1 Å². The number of hydrogen-bond acceptors (Lipinski definition) is 2. The summed E-state index contributed by atoms with van der Waals surface area (Å²) in [5, 5.41) is 8.95. The molecule has 0 atom stereocenters. The summed E-state index contributed by atoms with van der Waals surface area (Å²) < 4.78 is 0. The Labute approximate surface area is 87.1 Å². The van der Waals surface area contributed by atoms with E-state index in [0.717, 1.165) is 5.56 Å². The van der Waals surface area contributed by atoms with Crippen molar-refractivity contribution in [3.8, 4) is 0 Å². The minimum atomic E-state index is -0.956.